The summed E-state index contributed by atoms with van der Waals surface area (Å²) < 4.78 is 7.74. The Morgan fingerprint density at radius 1 is 1.44 bits per heavy atom. The zero-order valence-electron chi connectivity index (χ0n) is 8.72. The summed E-state index contributed by atoms with van der Waals surface area (Å²) in [6.45, 7) is 0. The average Bonchev–Trinajstić information content (AvgIpc) is 2.67. The third kappa shape index (κ3) is 2.35. The van der Waals surface area contributed by atoms with Crippen molar-refractivity contribution in [2.24, 2.45) is 7.05 Å². The fraction of sp³-hybridized carbons (Fsp3) is 0.222. The Labute approximate surface area is 105 Å². The minimum absolute atomic E-state index is 0.520. The molecule has 0 bridgehead atoms. The Balaban J connectivity index is 2.25. The highest BCUT2D eigenvalue weighted by atomic mass is 79.9. The standard InChI is InChI=1S/C9H9BrN4OS/c1-14-4-3-11-9(14)16-8-12-5-6(10)7(13-8)15-2/h3-5H,1-2H3. The summed E-state index contributed by atoms with van der Waals surface area (Å²) in [4.78, 5) is 12.6. The lowest BCUT2D eigenvalue weighted by Gasteiger charge is -2.04. The van der Waals surface area contributed by atoms with Crippen LogP contribution in [0.25, 0.3) is 0 Å². The summed E-state index contributed by atoms with van der Waals surface area (Å²) in [5, 5.41) is 1.44. The Morgan fingerprint density at radius 2 is 2.25 bits per heavy atom. The number of rotatable bonds is 3. The number of halogens is 1. The van der Waals surface area contributed by atoms with Gasteiger partial charge < -0.3 is 9.30 Å². The molecule has 0 aliphatic carbocycles. The van der Waals surface area contributed by atoms with Gasteiger partial charge in [-0.15, -0.1) is 0 Å². The van der Waals surface area contributed by atoms with E-state index >= 15 is 0 Å². The maximum absolute atomic E-state index is 5.10. The van der Waals surface area contributed by atoms with Crippen molar-refractivity contribution in [3.8, 4) is 5.88 Å². The highest BCUT2D eigenvalue weighted by Crippen LogP contribution is 2.27. The normalized spacial score (nSPS) is 10.4. The van der Waals surface area contributed by atoms with E-state index in [1.165, 1.54) is 11.8 Å². The van der Waals surface area contributed by atoms with Crippen molar-refractivity contribution in [2.45, 2.75) is 10.3 Å². The molecule has 0 saturated heterocycles. The number of nitrogens with zero attached hydrogens (tertiary/aromatic N) is 4. The molecule has 0 N–H and O–H groups in total. The lowest BCUT2D eigenvalue weighted by Crippen LogP contribution is -1.95. The predicted molar refractivity (Wildman–Crippen MR) is 63.6 cm³/mol. The zero-order chi connectivity index (χ0) is 11.5. The number of methoxy groups -OCH3 is 1. The number of imidazole rings is 1. The van der Waals surface area contributed by atoms with Crippen molar-refractivity contribution in [1.82, 2.24) is 19.5 Å². The zero-order valence-corrected chi connectivity index (χ0v) is 11.1. The van der Waals surface area contributed by atoms with Gasteiger partial charge in [0.25, 0.3) is 0 Å². The highest BCUT2D eigenvalue weighted by Gasteiger charge is 2.08. The Kier molecular flexibility index (Phi) is 3.45. The Morgan fingerprint density at radius 3 is 2.88 bits per heavy atom. The van der Waals surface area contributed by atoms with Gasteiger partial charge in [-0.1, -0.05) is 0 Å². The second kappa shape index (κ2) is 4.84. The van der Waals surface area contributed by atoms with Crippen LogP contribution in [0.2, 0.25) is 0 Å². The predicted octanol–water partition coefficient (Wildman–Crippen LogP) is 2.13. The fourth-order valence-electron chi connectivity index (χ4n) is 1.06. The van der Waals surface area contributed by atoms with Crippen LogP contribution in [-0.2, 0) is 7.05 Å². The summed E-state index contributed by atoms with van der Waals surface area (Å²) >= 11 is 4.69. The molecule has 0 fully saturated rings. The Bertz CT molecular complexity index is 502. The van der Waals surface area contributed by atoms with Crippen LogP contribution in [0.4, 0.5) is 0 Å². The third-order valence-corrected chi connectivity index (χ3v) is 3.34. The average molecular weight is 301 g/mol. The first-order chi connectivity index (χ1) is 7.70. The van der Waals surface area contributed by atoms with Crippen molar-refractivity contribution >= 4 is 27.7 Å². The summed E-state index contributed by atoms with van der Waals surface area (Å²) in [7, 11) is 3.49. The van der Waals surface area contributed by atoms with E-state index in [2.05, 4.69) is 30.9 Å². The largest absolute Gasteiger partial charge is 0.480 e. The molecule has 16 heavy (non-hydrogen) atoms. The molecular weight excluding hydrogens is 292 g/mol. The second-order valence-electron chi connectivity index (χ2n) is 2.93. The third-order valence-electron chi connectivity index (χ3n) is 1.84. The van der Waals surface area contributed by atoms with Crippen LogP contribution in [0.5, 0.6) is 5.88 Å². The molecule has 0 aliphatic heterocycles. The fourth-order valence-corrected chi connectivity index (χ4v) is 2.13. The van der Waals surface area contributed by atoms with Gasteiger partial charge in [0, 0.05) is 25.6 Å². The minimum atomic E-state index is 0.520. The lowest BCUT2D eigenvalue weighted by atomic mass is 10.6. The van der Waals surface area contributed by atoms with Gasteiger partial charge in [-0.2, -0.15) is 4.98 Å². The van der Waals surface area contributed by atoms with E-state index in [0.717, 1.165) is 9.63 Å². The first-order valence-electron chi connectivity index (χ1n) is 4.42. The second-order valence-corrected chi connectivity index (χ2v) is 4.72. The molecular formula is C9H9BrN4OS. The van der Waals surface area contributed by atoms with Crippen molar-refractivity contribution in [1.29, 1.82) is 0 Å². The van der Waals surface area contributed by atoms with Gasteiger partial charge in [0.15, 0.2) is 10.3 Å². The van der Waals surface area contributed by atoms with E-state index in [0.29, 0.717) is 11.0 Å². The molecule has 0 aliphatic rings. The molecule has 2 heterocycles. The molecule has 2 aromatic rings. The Hall–Kier alpha value is -1.08. The maximum Gasteiger partial charge on any atom is 0.231 e. The van der Waals surface area contributed by atoms with Gasteiger partial charge in [-0.3, -0.25) is 0 Å². The van der Waals surface area contributed by atoms with E-state index in [1.807, 2.05) is 17.8 Å². The quantitative estimate of drug-likeness (QED) is 0.813. The van der Waals surface area contributed by atoms with E-state index in [1.54, 1.807) is 19.5 Å². The first kappa shape index (κ1) is 11.4. The van der Waals surface area contributed by atoms with Gasteiger partial charge in [-0.25, -0.2) is 9.97 Å². The van der Waals surface area contributed by atoms with Gasteiger partial charge >= 0.3 is 0 Å². The van der Waals surface area contributed by atoms with E-state index in [-0.39, 0.29) is 0 Å². The molecule has 0 unspecified atom stereocenters. The van der Waals surface area contributed by atoms with Crippen LogP contribution < -0.4 is 4.74 Å². The van der Waals surface area contributed by atoms with Crippen LogP contribution in [0.3, 0.4) is 0 Å². The molecule has 0 spiro atoms. The molecule has 0 aromatic carbocycles. The van der Waals surface area contributed by atoms with Gasteiger partial charge in [0.2, 0.25) is 5.88 Å². The number of aromatic nitrogens is 4. The summed E-state index contributed by atoms with van der Waals surface area (Å²) in [5.41, 5.74) is 0. The number of hydrogen-bond acceptors (Lipinski definition) is 5. The number of ether oxygens (including phenoxy) is 1. The SMILES string of the molecule is COc1nc(Sc2nccn2C)ncc1Br. The lowest BCUT2D eigenvalue weighted by molar-refractivity contribution is 0.389. The molecule has 84 valence electrons. The van der Waals surface area contributed by atoms with Gasteiger partial charge in [0.05, 0.1) is 11.6 Å². The van der Waals surface area contributed by atoms with Crippen LogP contribution in [0, 0.1) is 0 Å². The molecule has 0 amide bonds. The van der Waals surface area contributed by atoms with Gasteiger partial charge in [-0.05, 0) is 27.7 Å². The van der Waals surface area contributed by atoms with Crippen molar-refractivity contribution in [2.75, 3.05) is 7.11 Å². The molecule has 0 atom stereocenters. The highest BCUT2D eigenvalue weighted by molar-refractivity contribution is 9.10. The van der Waals surface area contributed by atoms with Gasteiger partial charge in [0.1, 0.15) is 0 Å². The molecule has 7 heteroatoms. The van der Waals surface area contributed by atoms with E-state index in [9.17, 15) is 0 Å². The summed E-state index contributed by atoms with van der Waals surface area (Å²) in [5.74, 6) is 0.520. The minimum Gasteiger partial charge on any atom is -0.480 e. The van der Waals surface area contributed by atoms with Crippen LogP contribution in [0.1, 0.15) is 0 Å². The van der Waals surface area contributed by atoms with E-state index in [4.69, 9.17) is 4.74 Å². The molecule has 2 aromatic heterocycles. The number of hydrogen-bond donors (Lipinski definition) is 0. The number of aryl methyl sites for hydroxylation is 1. The van der Waals surface area contributed by atoms with E-state index < -0.39 is 0 Å². The summed E-state index contributed by atoms with van der Waals surface area (Å²) in [6, 6.07) is 0. The van der Waals surface area contributed by atoms with Crippen molar-refractivity contribution in [3.63, 3.8) is 0 Å². The van der Waals surface area contributed by atoms with Crippen LogP contribution in [-0.4, -0.2) is 26.6 Å². The monoisotopic (exact) mass is 300 g/mol. The summed E-state index contributed by atoms with van der Waals surface area (Å²) in [6.07, 6.45) is 5.27. The molecule has 0 radical (unpaired) electrons. The molecule has 5 nitrogen and oxygen atoms in total. The van der Waals surface area contributed by atoms with Crippen LogP contribution in [0.15, 0.2) is 33.4 Å². The smallest absolute Gasteiger partial charge is 0.231 e. The van der Waals surface area contributed by atoms with Crippen molar-refractivity contribution < 1.29 is 4.74 Å². The molecule has 0 saturated carbocycles. The maximum atomic E-state index is 5.10. The molecule has 2 rings (SSSR count). The first-order valence-corrected chi connectivity index (χ1v) is 6.03. The van der Waals surface area contributed by atoms with Crippen molar-refractivity contribution in [3.05, 3.63) is 23.1 Å². The van der Waals surface area contributed by atoms with Crippen LogP contribution >= 0.6 is 27.7 Å². The topological polar surface area (TPSA) is 52.8 Å².